The van der Waals surface area contributed by atoms with Gasteiger partial charge in [-0.3, -0.25) is 4.79 Å². The Morgan fingerprint density at radius 3 is 2.82 bits per heavy atom. The van der Waals surface area contributed by atoms with Gasteiger partial charge in [0.25, 0.3) is 5.91 Å². The summed E-state index contributed by atoms with van der Waals surface area (Å²) in [4.78, 5) is 13.8. The third-order valence-corrected chi connectivity index (χ3v) is 4.01. The van der Waals surface area contributed by atoms with Crippen molar-refractivity contribution in [3.05, 3.63) is 22.6 Å². The van der Waals surface area contributed by atoms with Crippen LogP contribution >= 0.6 is 27.7 Å². The standard InChI is InChI=1S/C12H18BrNO2S/c1-4-17-8-7-9(2)14(3)12(15)10-5-6-11(13)16-10/h5-6,9H,4,7-8H2,1-3H3/t9-/m1/s1. The van der Waals surface area contributed by atoms with Gasteiger partial charge in [-0.05, 0) is 52.9 Å². The van der Waals surface area contributed by atoms with Crippen molar-refractivity contribution in [2.45, 2.75) is 26.3 Å². The van der Waals surface area contributed by atoms with Crippen LogP contribution in [0.2, 0.25) is 0 Å². The molecule has 3 nitrogen and oxygen atoms in total. The van der Waals surface area contributed by atoms with Crippen molar-refractivity contribution >= 4 is 33.6 Å². The maximum Gasteiger partial charge on any atom is 0.289 e. The first-order chi connectivity index (χ1) is 8.06. The molecule has 1 amide bonds. The Morgan fingerprint density at radius 1 is 1.59 bits per heavy atom. The van der Waals surface area contributed by atoms with Crippen LogP contribution in [0.4, 0.5) is 0 Å². The molecule has 0 aliphatic carbocycles. The average Bonchev–Trinajstić information content (AvgIpc) is 2.74. The Hall–Kier alpha value is -0.420. The van der Waals surface area contributed by atoms with Crippen molar-refractivity contribution in [2.24, 2.45) is 0 Å². The summed E-state index contributed by atoms with van der Waals surface area (Å²) in [7, 11) is 1.82. The van der Waals surface area contributed by atoms with Gasteiger partial charge in [-0.1, -0.05) is 6.92 Å². The Morgan fingerprint density at radius 2 is 2.29 bits per heavy atom. The van der Waals surface area contributed by atoms with E-state index in [0.717, 1.165) is 17.9 Å². The number of amides is 1. The molecule has 0 saturated carbocycles. The molecule has 1 rings (SSSR count). The second-order valence-corrected chi connectivity index (χ2v) is 6.03. The molecule has 1 aromatic rings. The van der Waals surface area contributed by atoms with Crippen molar-refractivity contribution < 1.29 is 9.21 Å². The number of rotatable bonds is 6. The molecular formula is C12H18BrNO2S. The van der Waals surface area contributed by atoms with Crippen LogP contribution in [0.15, 0.2) is 21.2 Å². The summed E-state index contributed by atoms with van der Waals surface area (Å²) in [6.45, 7) is 4.21. The fourth-order valence-corrected chi connectivity index (χ4v) is 2.50. The largest absolute Gasteiger partial charge is 0.444 e. The molecule has 0 N–H and O–H groups in total. The first-order valence-corrected chi connectivity index (χ1v) is 7.61. The van der Waals surface area contributed by atoms with Gasteiger partial charge in [-0.15, -0.1) is 0 Å². The number of nitrogens with zero attached hydrogens (tertiary/aromatic N) is 1. The van der Waals surface area contributed by atoms with Gasteiger partial charge in [0.15, 0.2) is 10.4 Å². The number of furan rings is 1. The number of halogens is 1. The lowest BCUT2D eigenvalue weighted by atomic mass is 10.2. The SMILES string of the molecule is CCSCC[C@@H](C)N(C)C(=O)c1ccc(Br)o1. The van der Waals surface area contributed by atoms with Crippen LogP contribution in [0.25, 0.3) is 0 Å². The molecule has 0 aliphatic rings. The third-order valence-electron chi connectivity index (χ3n) is 2.65. The molecule has 5 heteroatoms. The van der Waals surface area contributed by atoms with E-state index in [1.165, 1.54) is 0 Å². The molecule has 1 aromatic heterocycles. The first kappa shape index (κ1) is 14.6. The summed E-state index contributed by atoms with van der Waals surface area (Å²) in [5.41, 5.74) is 0. The maximum absolute atomic E-state index is 12.0. The Balaban J connectivity index is 2.51. The van der Waals surface area contributed by atoms with Crippen LogP contribution in [0.5, 0.6) is 0 Å². The van der Waals surface area contributed by atoms with Crippen molar-refractivity contribution in [2.75, 3.05) is 18.6 Å². The molecule has 0 aliphatic heterocycles. The van der Waals surface area contributed by atoms with Crippen LogP contribution in [0.1, 0.15) is 30.8 Å². The molecular weight excluding hydrogens is 302 g/mol. The quantitative estimate of drug-likeness (QED) is 0.750. The molecule has 0 spiro atoms. The maximum atomic E-state index is 12.0. The van der Waals surface area contributed by atoms with E-state index in [9.17, 15) is 4.79 Å². The van der Waals surface area contributed by atoms with E-state index in [4.69, 9.17) is 4.42 Å². The van der Waals surface area contributed by atoms with Crippen molar-refractivity contribution in [1.29, 1.82) is 0 Å². The summed E-state index contributed by atoms with van der Waals surface area (Å²) in [5, 5.41) is 0. The predicted molar refractivity (Wildman–Crippen MR) is 75.6 cm³/mol. The molecule has 17 heavy (non-hydrogen) atoms. The summed E-state index contributed by atoms with van der Waals surface area (Å²) in [5.74, 6) is 2.52. The van der Waals surface area contributed by atoms with Gasteiger partial charge in [0.05, 0.1) is 0 Å². The van der Waals surface area contributed by atoms with Gasteiger partial charge in [0, 0.05) is 13.1 Å². The zero-order chi connectivity index (χ0) is 12.8. The molecule has 0 saturated heterocycles. The molecule has 0 aromatic carbocycles. The number of thioether (sulfide) groups is 1. The summed E-state index contributed by atoms with van der Waals surface area (Å²) >= 11 is 5.09. The van der Waals surface area contributed by atoms with Gasteiger partial charge in [0.1, 0.15) is 0 Å². The summed E-state index contributed by atoms with van der Waals surface area (Å²) < 4.78 is 5.85. The van der Waals surface area contributed by atoms with E-state index in [1.54, 1.807) is 17.0 Å². The number of hydrogen-bond donors (Lipinski definition) is 0. The van der Waals surface area contributed by atoms with E-state index in [1.807, 2.05) is 18.8 Å². The lowest BCUT2D eigenvalue weighted by Gasteiger charge is -2.23. The second-order valence-electron chi connectivity index (χ2n) is 3.85. The summed E-state index contributed by atoms with van der Waals surface area (Å²) in [6.07, 6.45) is 1.00. The van der Waals surface area contributed by atoms with E-state index in [0.29, 0.717) is 10.4 Å². The molecule has 1 heterocycles. The fourth-order valence-electron chi connectivity index (χ4n) is 1.40. The smallest absolute Gasteiger partial charge is 0.289 e. The lowest BCUT2D eigenvalue weighted by Crippen LogP contribution is -2.35. The number of hydrogen-bond acceptors (Lipinski definition) is 3. The van der Waals surface area contributed by atoms with Crippen LogP contribution in [0.3, 0.4) is 0 Å². The van der Waals surface area contributed by atoms with E-state index in [2.05, 4.69) is 29.8 Å². The highest BCUT2D eigenvalue weighted by Gasteiger charge is 2.19. The normalized spacial score (nSPS) is 12.5. The Kier molecular flexibility index (Phi) is 6.12. The minimum atomic E-state index is -0.0651. The average molecular weight is 320 g/mol. The summed E-state index contributed by atoms with van der Waals surface area (Å²) in [6, 6.07) is 3.65. The second kappa shape index (κ2) is 7.11. The highest BCUT2D eigenvalue weighted by Crippen LogP contribution is 2.17. The fraction of sp³-hybridized carbons (Fsp3) is 0.583. The van der Waals surface area contributed by atoms with Crippen LogP contribution in [-0.2, 0) is 0 Å². The lowest BCUT2D eigenvalue weighted by molar-refractivity contribution is 0.0708. The van der Waals surface area contributed by atoms with Crippen LogP contribution < -0.4 is 0 Å². The highest BCUT2D eigenvalue weighted by atomic mass is 79.9. The molecule has 0 bridgehead atoms. The van der Waals surface area contributed by atoms with Gasteiger partial charge in [-0.2, -0.15) is 11.8 Å². The van der Waals surface area contributed by atoms with E-state index < -0.39 is 0 Å². The van der Waals surface area contributed by atoms with Gasteiger partial charge in [0.2, 0.25) is 0 Å². The minimum Gasteiger partial charge on any atom is -0.444 e. The number of carbonyl (C=O) groups is 1. The Bertz CT molecular complexity index is 367. The van der Waals surface area contributed by atoms with E-state index >= 15 is 0 Å². The molecule has 0 fully saturated rings. The van der Waals surface area contributed by atoms with Crippen molar-refractivity contribution in [3.63, 3.8) is 0 Å². The highest BCUT2D eigenvalue weighted by molar-refractivity contribution is 9.10. The van der Waals surface area contributed by atoms with Crippen LogP contribution in [0, 0.1) is 0 Å². The third kappa shape index (κ3) is 4.39. The first-order valence-electron chi connectivity index (χ1n) is 5.66. The number of carbonyl (C=O) groups excluding carboxylic acids is 1. The Labute approximate surface area is 115 Å². The predicted octanol–water partition coefficient (Wildman–Crippen LogP) is 3.65. The van der Waals surface area contributed by atoms with Crippen molar-refractivity contribution in [3.8, 4) is 0 Å². The topological polar surface area (TPSA) is 33.5 Å². The zero-order valence-corrected chi connectivity index (χ0v) is 12.8. The minimum absolute atomic E-state index is 0.0651. The van der Waals surface area contributed by atoms with Crippen molar-refractivity contribution in [1.82, 2.24) is 4.90 Å². The molecule has 96 valence electrons. The zero-order valence-electron chi connectivity index (χ0n) is 10.4. The molecule has 0 radical (unpaired) electrons. The molecule has 0 unspecified atom stereocenters. The van der Waals surface area contributed by atoms with Gasteiger partial charge in [-0.25, -0.2) is 0 Å². The molecule has 1 atom stereocenters. The van der Waals surface area contributed by atoms with Crippen LogP contribution in [-0.4, -0.2) is 35.4 Å². The van der Waals surface area contributed by atoms with E-state index in [-0.39, 0.29) is 11.9 Å². The monoisotopic (exact) mass is 319 g/mol. The van der Waals surface area contributed by atoms with Gasteiger partial charge >= 0.3 is 0 Å². The van der Waals surface area contributed by atoms with Gasteiger partial charge < -0.3 is 9.32 Å².